The molecule has 0 spiro atoms. The van der Waals surface area contributed by atoms with Gasteiger partial charge in [-0.3, -0.25) is 14.5 Å². The minimum atomic E-state index is -0.243. The number of aryl methyl sites for hydroxylation is 2. The van der Waals surface area contributed by atoms with E-state index in [1.54, 1.807) is 22.8 Å². The van der Waals surface area contributed by atoms with Crippen molar-refractivity contribution in [1.82, 2.24) is 35.3 Å². The highest BCUT2D eigenvalue weighted by molar-refractivity contribution is 5.92. The fraction of sp³-hybridized carbons (Fsp3) is 0.267. The SMILES string of the molecule is Cc1n[nH]c(C)c1[C@@H](C)NC(=O)c1cccc(-n2cnnc2)n1. The molecule has 3 aromatic heterocycles. The zero-order valence-electron chi connectivity index (χ0n) is 13.1. The third kappa shape index (κ3) is 2.96. The first-order valence-electron chi connectivity index (χ1n) is 7.20. The second kappa shape index (κ2) is 5.99. The Morgan fingerprint density at radius 2 is 2.00 bits per heavy atom. The van der Waals surface area contributed by atoms with E-state index in [4.69, 9.17) is 0 Å². The minimum Gasteiger partial charge on any atom is -0.344 e. The number of rotatable bonds is 4. The molecule has 3 aromatic rings. The largest absolute Gasteiger partial charge is 0.344 e. The summed E-state index contributed by atoms with van der Waals surface area (Å²) in [6.07, 6.45) is 3.07. The topological polar surface area (TPSA) is 101 Å². The third-order valence-electron chi connectivity index (χ3n) is 3.62. The zero-order chi connectivity index (χ0) is 16.4. The first-order chi connectivity index (χ1) is 11.1. The lowest BCUT2D eigenvalue weighted by molar-refractivity contribution is 0.0934. The Morgan fingerprint density at radius 1 is 1.26 bits per heavy atom. The van der Waals surface area contributed by atoms with E-state index in [-0.39, 0.29) is 11.9 Å². The number of nitrogens with zero attached hydrogens (tertiary/aromatic N) is 5. The Balaban J connectivity index is 1.80. The van der Waals surface area contributed by atoms with Crippen molar-refractivity contribution in [3.8, 4) is 5.82 Å². The average Bonchev–Trinajstić information content (AvgIpc) is 3.17. The van der Waals surface area contributed by atoms with E-state index in [0.717, 1.165) is 17.0 Å². The number of carbonyl (C=O) groups excluding carboxylic acids is 1. The first kappa shape index (κ1) is 14.9. The molecule has 0 saturated heterocycles. The van der Waals surface area contributed by atoms with Gasteiger partial charge in [-0.1, -0.05) is 6.07 Å². The quantitative estimate of drug-likeness (QED) is 0.760. The number of hydrogen-bond donors (Lipinski definition) is 2. The second-order valence-corrected chi connectivity index (χ2v) is 5.29. The van der Waals surface area contributed by atoms with Crippen LogP contribution in [-0.4, -0.2) is 35.9 Å². The number of aromatic nitrogens is 6. The van der Waals surface area contributed by atoms with Crippen molar-refractivity contribution in [3.63, 3.8) is 0 Å². The van der Waals surface area contributed by atoms with Gasteiger partial charge in [0.15, 0.2) is 0 Å². The molecule has 0 saturated carbocycles. The van der Waals surface area contributed by atoms with E-state index in [0.29, 0.717) is 11.5 Å². The molecular formula is C15H17N7O. The smallest absolute Gasteiger partial charge is 0.270 e. The lowest BCUT2D eigenvalue weighted by Crippen LogP contribution is -2.28. The van der Waals surface area contributed by atoms with Gasteiger partial charge < -0.3 is 5.32 Å². The van der Waals surface area contributed by atoms with Gasteiger partial charge in [0.25, 0.3) is 5.91 Å². The predicted octanol–water partition coefficient (Wildman–Crippen LogP) is 1.49. The van der Waals surface area contributed by atoms with Crippen molar-refractivity contribution in [2.24, 2.45) is 0 Å². The number of pyridine rings is 1. The maximum atomic E-state index is 12.4. The van der Waals surface area contributed by atoms with E-state index in [2.05, 4.69) is 30.7 Å². The number of amides is 1. The molecule has 0 aromatic carbocycles. The lowest BCUT2D eigenvalue weighted by atomic mass is 10.1. The van der Waals surface area contributed by atoms with Crippen molar-refractivity contribution in [2.75, 3.05) is 0 Å². The molecule has 3 heterocycles. The van der Waals surface area contributed by atoms with Gasteiger partial charge in [-0.05, 0) is 32.9 Å². The van der Waals surface area contributed by atoms with Gasteiger partial charge in [0.1, 0.15) is 24.2 Å². The highest BCUT2D eigenvalue weighted by atomic mass is 16.1. The van der Waals surface area contributed by atoms with E-state index in [9.17, 15) is 4.79 Å². The van der Waals surface area contributed by atoms with E-state index >= 15 is 0 Å². The van der Waals surface area contributed by atoms with Crippen molar-refractivity contribution in [2.45, 2.75) is 26.8 Å². The molecule has 8 nitrogen and oxygen atoms in total. The molecule has 23 heavy (non-hydrogen) atoms. The zero-order valence-corrected chi connectivity index (χ0v) is 13.1. The first-order valence-corrected chi connectivity index (χ1v) is 7.20. The number of carbonyl (C=O) groups is 1. The molecule has 0 fully saturated rings. The number of H-pyrrole nitrogens is 1. The Bertz CT molecular complexity index is 803. The minimum absolute atomic E-state index is 0.165. The van der Waals surface area contributed by atoms with Crippen LogP contribution in [0.5, 0.6) is 0 Å². The summed E-state index contributed by atoms with van der Waals surface area (Å²) in [5, 5.41) is 17.5. The molecule has 1 amide bonds. The van der Waals surface area contributed by atoms with E-state index in [1.165, 1.54) is 12.7 Å². The molecule has 0 aliphatic heterocycles. The Kier molecular flexibility index (Phi) is 3.88. The summed E-state index contributed by atoms with van der Waals surface area (Å²) in [6, 6.07) is 5.07. The normalized spacial score (nSPS) is 12.1. The number of nitrogens with one attached hydrogen (secondary N) is 2. The molecule has 8 heteroatoms. The monoisotopic (exact) mass is 311 g/mol. The van der Waals surface area contributed by atoms with E-state index in [1.807, 2.05) is 20.8 Å². The third-order valence-corrected chi connectivity index (χ3v) is 3.62. The molecule has 0 aliphatic carbocycles. The van der Waals surface area contributed by atoms with Crippen molar-refractivity contribution in [1.29, 1.82) is 0 Å². The maximum Gasteiger partial charge on any atom is 0.270 e. The molecule has 0 radical (unpaired) electrons. The van der Waals surface area contributed by atoms with Crippen LogP contribution in [0.4, 0.5) is 0 Å². The average molecular weight is 311 g/mol. The van der Waals surface area contributed by atoms with Crippen LogP contribution in [0.2, 0.25) is 0 Å². The molecule has 2 N–H and O–H groups in total. The van der Waals surface area contributed by atoms with Crippen LogP contribution < -0.4 is 5.32 Å². The summed E-state index contributed by atoms with van der Waals surface area (Å²) >= 11 is 0. The van der Waals surface area contributed by atoms with Gasteiger partial charge in [-0.2, -0.15) is 5.10 Å². The van der Waals surface area contributed by atoms with Crippen molar-refractivity contribution in [3.05, 3.63) is 53.5 Å². The Labute approximate surface area is 133 Å². The predicted molar refractivity (Wildman–Crippen MR) is 83.1 cm³/mol. The van der Waals surface area contributed by atoms with Crippen LogP contribution in [-0.2, 0) is 0 Å². The van der Waals surface area contributed by atoms with Crippen LogP contribution >= 0.6 is 0 Å². The van der Waals surface area contributed by atoms with Gasteiger partial charge in [0.05, 0.1) is 11.7 Å². The molecule has 0 aliphatic rings. The van der Waals surface area contributed by atoms with Crippen LogP contribution in [0, 0.1) is 13.8 Å². The standard InChI is InChI=1S/C15H17N7O/c1-9(14-10(2)20-21-11(14)3)18-15(23)12-5-4-6-13(19-12)22-7-16-17-8-22/h4-9H,1-3H3,(H,18,23)(H,20,21)/t9-/m1/s1. The molecule has 118 valence electrons. The van der Waals surface area contributed by atoms with Crippen molar-refractivity contribution < 1.29 is 4.79 Å². The van der Waals surface area contributed by atoms with Gasteiger partial charge in [-0.25, -0.2) is 4.98 Å². The summed E-state index contributed by atoms with van der Waals surface area (Å²) in [6.45, 7) is 5.77. The molecule has 0 unspecified atom stereocenters. The summed E-state index contributed by atoms with van der Waals surface area (Å²) < 4.78 is 1.64. The highest BCUT2D eigenvalue weighted by Gasteiger charge is 2.18. The van der Waals surface area contributed by atoms with Crippen molar-refractivity contribution >= 4 is 5.91 Å². The van der Waals surface area contributed by atoms with Gasteiger partial charge in [-0.15, -0.1) is 10.2 Å². The fourth-order valence-electron chi connectivity index (χ4n) is 2.55. The maximum absolute atomic E-state index is 12.4. The highest BCUT2D eigenvalue weighted by Crippen LogP contribution is 2.19. The number of aromatic amines is 1. The summed E-state index contributed by atoms with van der Waals surface area (Å²) in [5.41, 5.74) is 3.15. The molecule has 3 rings (SSSR count). The molecule has 0 bridgehead atoms. The lowest BCUT2D eigenvalue weighted by Gasteiger charge is -2.14. The van der Waals surface area contributed by atoms with Gasteiger partial charge in [0, 0.05) is 11.3 Å². The summed E-state index contributed by atoms with van der Waals surface area (Å²) in [4.78, 5) is 16.8. The van der Waals surface area contributed by atoms with Crippen LogP contribution in [0.1, 0.15) is 40.4 Å². The fourth-order valence-corrected chi connectivity index (χ4v) is 2.55. The van der Waals surface area contributed by atoms with Gasteiger partial charge in [0.2, 0.25) is 0 Å². The number of hydrogen-bond acceptors (Lipinski definition) is 5. The van der Waals surface area contributed by atoms with Crippen LogP contribution in [0.15, 0.2) is 30.9 Å². The second-order valence-electron chi connectivity index (χ2n) is 5.29. The van der Waals surface area contributed by atoms with Crippen LogP contribution in [0.3, 0.4) is 0 Å². The summed E-state index contributed by atoms with van der Waals surface area (Å²) in [7, 11) is 0. The molecule has 1 atom stereocenters. The van der Waals surface area contributed by atoms with Crippen LogP contribution in [0.25, 0.3) is 5.82 Å². The Hall–Kier alpha value is -3.03. The van der Waals surface area contributed by atoms with Gasteiger partial charge >= 0.3 is 0 Å². The molecular weight excluding hydrogens is 294 g/mol. The van der Waals surface area contributed by atoms with E-state index < -0.39 is 0 Å². The summed E-state index contributed by atoms with van der Waals surface area (Å²) in [5.74, 6) is 0.346. The Morgan fingerprint density at radius 3 is 2.65 bits per heavy atom.